The second-order valence-electron chi connectivity index (χ2n) is 2.37. The number of nitrogens with zero attached hydrogens (tertiary/aromatic N) is 1. The van der Waals surface area contributed by atoms with Crippen molar-refractivity contribution in [1.29, 1.82) is 0 Å². The van der Waals surface area contributed by atoms with Gasteiger partial charge in [-0.05, 0) is 25.1 Å². The summed E-state index contributed by atoms with van der Waals surface area (Å²) in [6.07, 6.45) is 0. The molecule has 0 saturated carbocycles. The average molecular weight is 224 g/mol. The van der Waals surface area contributed by atoms with Crippen LogP contribution >= 0.6 is 15.9 Å². The summed E-state index contributed by atoms with van der Waals surface area (Å²) in [6.45, 7) is 8.25. The molecule has 0 aliphatic rings. The van der Waals surface area contributed by atoms with Gasteiger partial charge in [-0.2, -0.15) is 0 Å². The number of Topliss-reactive ketones (excluding diaryl/α,β-unsaturated/α-hetero) is 1. The lowest BCUT2D eigenvalue weighted by atomic mass is 10.1. The largest absolute Gasteiger partial charge is 0.295 e. The van der Waals surface area contributed by atoms with E-state index in [0.29, 0.717) is 11.3 Å². The summed E-state index contributed by atoms with van der Waals surface area (Å²) in [5.41, 5.74) is 1.05. The maximum Gasteiger partial charge on any atom is 0.189 e. The highest BCUT2D eigenvalue weighted by molar-refractivity contribution is 9.10. The fraction of sp³-hybridized carbons (Fsp3) is 0.111. The number of carbonyl (C=O) groups is 1. The Kier molecular flexibility index (Phi) is 2.61. The van der Waals surface area contributed by atoms with Crippen LogP contribution in [0.25, 0.3) is 4.85 Å². The van der Waals surface area contributed by atoms with E-state index < -0.39 is 0 Å². The fourth-order valence-corrected chi connectivity index (χ4v) is 1.32. The predicted molar refractivity (Wildman–Crippen MR) is 50.4 cm³/mol. The van der Waals surface area contributed by atoms with Crippen LogP contribution in [0, 0.1) is 6.57 Å². The molecule has 3 heteroatoms. The van der Waals surface area contributed by atoms with Crippen molar-refractivity contribution >= 4 is 27.4 Å². The van der Waals surface area contributed by atoms with E-state index in [1.807, 2.05) is 0 Å². The van der Waals surface area contributed by atoms with Gasteiger partial charge in [0.15, 0.2) is 11.5 Å². The number of benzene rings is 1. The van der Waals surface area contributed by atoms with Crippen molar-refractivity contribution in [2.45, 2.75) is 6.92 Å². The average Bonchev–Trinajstić information content (AvgIpc) is 2.03. The van der Waals surface area contributed by atoms with Crippen LogP contribution in [0.15, 0.2) is 22.7 Å². The molecule has 1 aromatic rings. The summed E-state index contributed by atoms with van der Waals surface area (Å²) in [6, 6.07) is 4.97. The van der Waals surface area contributed by atoms with Gasteiger partial charge in [0.05, 0.1) is 6.57 Å². The summed E-state index contributed by atoms with van der Waals surface area (Å²) < 4.78 is 0.765. The summed E-state index contributed by atoms with van der Waals surface area (Å²) in [7, 11) is 0. The maximum absolute atomic E-state index is 10.9. The van der Waals surface area contributed by atoms with Crippen molar-refractivity contribution in [3.05, 3.63) is 39.7 Å². The Morgan fingerprint density at radius 2 is 2.17 bits per heavy atom. The molecule has 12 heavy (non-hydrogen) atoms. The minimum atomic E-state index is -0.0267. The third-order valence-electron chi connectivity index (χ3n) is 1.42. The molecule has 0 unspecified atom stereocenters. The van der Waals surface area contributed by atoms with E-state index in [-0.39, 0.29) is 5.78 Å². The Balaban J connectivity index is 3.26. The van der Waals surface area contributed by atoms with Crippen molar-refractivity contribution in [2.24, 2.45) is 0 Å². The maximum atomic E-state index is 10.9. The Hall–Kier alpha value is -1.14. The molecule has 0 atom stereocenters. The van der Waals surface area contributed by atoms with Crippen LogP contribution in [0.2, 0.25) is 0 Å². The summed E-state index contributed by atoms with van der Waals surface area (Å²) in [5.74, 6) is -0.0267. The Morgan fingerprint density at radius 1 is 1.50 bits per heavy atom. The SMILES string of the molecule is [C-]#[N+]c1cc(Br)cc(C(C)=O)c1. The molecule has 0 fully saturated rings. The quantitative estimate of drug-likeness (QED) is 0.530. The van der Waals surface area contributed by atoms with Crippen LogP contribution in [-0.4, -0.2) is 5.78 Å². The molecule has 0 N–H and O–H groups in total. The lowest BCUT2D eigenvalue weighted by Gasteiger charge is -1.97. The van der Waals surface area contributed by atoms with Gasteiger partial charge >= 0.3 is 0 Å². The number of hydrogen-bond donors (Lipinski definition) is 0. The van der Waals surface area contributed by atoms with Crippen molar-refractivity contribution in [1.82, 2.24) is 0 Å². The molecule has 0 saturated heterocycles. The molecule has 0 radical (unpaired) electrons. The van der Waals surface area contributed by atoms with E-state index in [4.69, 9.17) is 6.57 Å². The minimum Gasteiger partial charge on any atom is -0.295 e. The van der Waals surface area contributed by atoms with E-state index in [1.165, 1.54) is 6.92 Å². The molecule has 0 heterocycles. The van der Waals surface area contributed by atoms with Gasteiger partial charge < -0.3 is 0 Å². The van der Waals surface area contributed by atoms with E-state index in [0.717, 1.165) is 4.47 Å². The topological polar surface area (TPSA) is 21.4 Å². The van der Waals surface area contributed by atoms with Crippen LogP contribution in [0.4, 0.5) is 5.69 Å². The highest BCUT2D eigenvalue weighted by Crippen LogP contribution is 2.21. The number of halogens is 1. The number of hydrogen-bond acceptors (Lipinski definition) is 1. The summed E-state index contributed by atoms with van der Waals surface area (Å²) in [4.78, 5) is 14.2. The van der Waals surface area contributed by atoms with Gasteiger partial charge in [0.25, 0.3) is 0 Å². The van der Waals surface area contributed by atoms with Crippen LogP contribution < -0.4 is 0 Å². The fourth-order valence-electron chi connectivity index (χ4n) is 0.842. The molecule has 1 rings (SSSR count). The van der Waals surface area contributed by atoms with E-state index >= 15 is 0 Å². The molecule has 2 nitrogen and oxygen atoms in total. The Bertz CT molecular complexity index is 365. The summed E-state index contributed by atoms with van der Waals surface area (Å²) >= 11 is 3.23. The molecule has 0 aromatic heterocycles. The van der Waals surface area contributed by atoms with E-state index in [9.17, 15) is 4.79 Å². The van der Waals surface area contributed by atoms with Gasteiger partial charge in [0.2, 0.25) is 0 Å². The van der Waals surface area contributed by atoms with Crippen molar-refractivity contribution in [3.8, 4) is 0 Å². The Morgan fingerprint density at radius 3 is 2.67 bits per heavy atom. The molecule has 0 bridgehead atoms. The van der Waals surface area contributed by atoms with Gasteiger partial charge in [-0.25, -0.2) is 4.85 Å². The molecular weight excluding hydrogens is 218 g/mol. The van der Waals surface area contributed by atoms with E-state index in [2.05, 4.69) is 20.8 Å². The lowest BCUT2D eigenvalue weighted by molar-refractivity contribution is 0.101. The number of rotatable bonds is 1. The van der Waals surface area contributed by atoms with Crippen LogP contribution in [-0.2, 0) is 0 Å². The molecule has 0 spiro atoms. The van der Waals surface area contributed by atoms with Crippen molar-refractivity contribution in [3.63, 3.8) is 0 Å². The zero-order valence-electron chi connectivity index (χ0n) is 6.47. The van der Waals surface area contributed by atoms with Crippen LogP contribution in [0.1, 0.15) is 17.3 Å². The van der Waals surface area contributed by atoms with Gasteiger partial charge in [0, 0.05) is 10.0 Å². The van der Waals surface area contributed by atoms with E-state index in [1.54, 1.807) is 18.2 Å². The molecule has 0 aliphatic heterocycles. The number of carbonyl (C=O) groups excluding carboxylic acids is 1. The van der Waals surface area contributed by atoms with Gasteiger partial charge in [0.1, 0.15) is 0 Å². The molecule has 1 aromatic carbocycles. The third-order valence-corrected chi connectivity index (χ3v) is 1.88. The third kappa shape index (κ3) is 1.93. The van der Waals surface area contributed by atoms with Gasteiger partial charge in [-0.3, -0.25) is 4.79 Å². The minimum absolute atomic E-state index is 0.0267. The highest BCUT2D eigenvalue weighted by Gasteiger charge is 2.02. The highest BCUT2D eigenvalue weighted by atomic mass is 79.9. The zero-order chi connectivity index (χ0) is 9.14. The molecular formula is C9H6BrNO. The van der Waals surface area contributed by atoms with Crippen molar-refractivity contribution in [2.75, 3.05) is 0 Å². The molecule has 0 aliphatic carbocycles. The first kappa shape index (κ1) is 8.95. The smallest absolute Gasteiger partial charge is 0.189 e. The number of ketones is 1. The monoisotopic (exact) mass is 223 g/mol. The van der Waals surface area contributed by atoms with Gasteiger partial charge in [-0.1, -0.05) is 15.9 Å². The normalized spacial score (nSPS) is 9.08. The van der Waals surface area contributed by atoms with Gasteiger partial charge in [-0.15, -0.1) is 0 Å². The first-order valence-corrected chi connectivity index (χ1v) is 4.12. The molecule has 60 valence electrons. The Labute approximate surface area is 79.2 Å². The lowest BCUT2D eigenvalue weighted by Crippen LogP contribution is -1.90. The first-order chi connectivity index (χ1) is 5.63. The zero-order valence-corrected chi connectivity index (χ0v) is 8.05. The predicted octanol–water partition coefficient (Wildman–Crippen LogP) is 3.20. The van der Waals surface area contributed by atoms with Crippen LogP contribution in [0.5, 0.6) is 0 Å². The second-order valence-corrected chi connectivity index (χ2v) is 3.28. The summed E-state index contributed by atoms with van der Waals surface area (Å²) in [5, 5.41) is 0. The molecule has 0 amide bonds. The van der Waals surface area contributed by atoms with Crippen molar-refractivity contribution < 1.29 is 4.79 Å². The standard InChI is InChI=1S/C9H6BrNO/c1-6(12)7-3-8(10)5-9(4-7)11-2/h3-5H,1H3. The first-order valence-electron chi connectivity index (χ1n) is 3.32. The second kappa shape index (κ2) is 3.51. The van der Waals surface area contributed by atoms with Crippen LogP contribution in [0.3, 0.4) is 0 Å².